The number of hydrogen-bond donors (Lipinski definition) is 2. The van der Waals surface area contributed by atoms with Crippen molar-refractivity contribution >= 4 is 5.95 Å². The molecule has 2 N–H and O–H groups in total. The number of nitrogens with one attached hydrogen (secondary N) is 2. The molecule has 0 aliphatic carbocycles. The molecule has 4 heteroatoms. The fourth-order valence-corrected chi connectivity index (χ4v) is 2.97. The Morgan fingerprint density at radius 2 is 1.95 bits per heavy atom. The first-order valence-corrected chi connectivity index (χ1v) is 8.16. The molecule has 0 radical (unpaired) electrons. The van der Waals surface area contributed by atoms with Gasteiger partial charge < -0.3 is 10.6 Å². The molecule has 1 aliphatic rings. The first-order valence-electron chi connectivity index (χ1n) is 8.16. The molecule has 1 aliphatic heterocycles. The smallest absolute Gasteiger partial charge is 0.223 e. The van der Waals surface area contributed by atoms with E-state index in [1.807, 2.05) is 24.4 Å². The molecule has 4 nitrogen and oxygen atoms in total. The van der Waals surface area contributed by atoms with Crippen LogP contribution >= 0.6 is 0 Å². The Hall–Kier alpha value is -1.94. The fraction of sp³-hybridized carbons (Fsp3) is 0.444. The molecule has 2 heterocycles. The lowest BCUT2D eigenvalue weighted by Crippen LogP contribution is -2.28. The molecule has 1 aromatic heterocycles. The SMILES string of the molecule is Cc1cnc(NCCC2CCNCC2)nc1-c1ccccc1. The summed E-state index contributed by atoms with van der Waals surface area (Å²) in [4.78, 5) is 9.10. The van der Waals surface area contributed by atoms with Gasteiger partial charge in [0.15, 0.2) is 0 Å². The molecule has 0 atom stereocenters. The highest BCUT2D eigenvalue weighted by molar-refractivity contribution is 5.63. The van der Waals surface area contributed by atoms with Crippen LogP contribution in [0.1, 0.15) is 24.8 Å². The van der Waals surface area contributed by atoms with Gasteiger partial charge in [0, 0.05) is 18.3 Å². The van der Waals surface area contributed by atoms with Gasteiger partial charge in [-0.1, -0.05) is 30.3 Å². The van der Waals surface area contributed by atoms with E-state index in [0.29, 0.717) is 0 Å². The Morgan fingerprint density at radius 1 is 1.18 bits per heavy atom. The van der Waals surface area contributed by atoms with Crippen molar-refractivity contribution in [1.82, 2.24) is 15.3 Å². The summed E-state index contributed by atoms with van der Waals surface area (Å²) in [6.45, 7) is 5.32. The van der Waals surface area contributed by atoms with Gasteiger partial charge in [0.25, 0.3) is 0 Å². The van der Waals surface area contributed by atoms with E-state index in [1.54, 1.807) is 0 Å². The third kappa shape index (κ3) is 3.83. The van der Waals surface area contributed by atoms with Gasteiger partial charge in [-0.3, -0.25) is 0 Å². The third-order valence-electron chi connectivity index (χ3n) is 4.31. The molecular formula is C18H24N4. The molecule has 0 unspecified atom stereocenters. The average molecular weight is 296 g/mol. The molecule has 0 bridgehead atoms. The standard InChI is InChI=1S/C18H24N4/c1-14-13-21-18(20-12-9-15-7-10-19-11-8-15)22-17(14)16-5-3-2-4-6-16/h2-6,13,15,19H,7-12H2,1H3,(H,20,21,22). The molecule has 2 aromatic rings. The monoisotopic (exact) mass is 296 g/mol. The number of hydrogen-bond acceptors (Lipinski definition) is 4. The van der Waals surface area contributed by atoms with Crippen LogP contribution < -0.4 is 10.6 Å². The lowest BCUT2D eigenvalue weighted by atomic mass is 9.95. The maximum absolute atomic E-state index is 4.69. The zero-order valence-electron chi connectivity index (χ0n) is 13.2. The van der Waals surface area contributed by atoms with Gasteiger partial charge in [0.2, 0.25) is 5.95 Å². The highest BCUT2D eigenvalue weighted by Crippen LogP contribution is 2.21. The lowest BCUT2D eigenvalue weighted by molar-refractivity contribution is 0.361. The maximum atomic E-state index is 4.69. The van der Waals surface area contributed by atoms with E-state index >= 15 is 0 Å². The zero-order valence-corrected chi connectivity index (χ0v) is 13.2. The predicted octanol–water partition coefficient (Wildman–Crippen LogP) is 3.25. The summed E-state index contributed by atoms with van der Waals surface area (Å²) in [6.07, 6.45) is 5.67. The highest BCUT2D eigenvalue weighted by Gasteiger charge is 2.12. The summed E-state index contributed by atoms with van der Waals surface area (Å²) < 4.78 is 0. The zero-order chi connectivity index (χ0) is 15.2. The number of benzene rings is 1. The van der Waals surface area contributed by atoms with E-state index < -0.39 is 0 Å². The number of anilines is 1. The van der Waals surface area contributed by atoms with Crippen molar-refractivity contribution in [1.29, 1.82) is 0 Å². The first-order chi connectivity index (χ1) is 10.8. The number of aromatic nitrogens is 2. The minimum absolute atomic E-state index is 0.735. The van der Waals surface area contributed by atoms with E-state index in [2.05, 4.69) is 34.7 Å². The molecule has 1 fully saturated rings. The Balaban J connectivity index is 1.62. The van der Waals surface area contributed by atoms with Crippen LogP contribution in [0.5, 0.6) is 0 Å². The minimum Gasteiger partial charge on any atom is -0.354 e. The molecule has 0 amide bonds. The molecular weight excluding hydrogens is 272 g/mol. The number of piperidine rings is 1. The molecule has 1 saturated heterocycles. The Kier molecular flexibility index (Phi) is 5.01. The second-order valence-electron chi connectivity index (χ2n) is 6.00. The van der Waals surface area contributed by atoms with E-state index in [9.17, 15) is 0 Å². The summed E-state index contributed by atoms with van der Waals surface area (Å²) in [7, 11) is 0. The lowest BCUT2D eigenvalue weighted by Gasteiger charge is -2.22. The third-order valence-corrected chi connectivity index (χ3v) is 4.31. The Labute approximate surface area is 132 Å². The van der Waals surface area contributed by atoms with Crippen LogP contribution in [0.4, 0.5) is 5.95 Å². The van der Waals surface area contributed by atoms with Crippen LogP contribution in [0.3, 0.4) is 0 Å². The average Bonchev–Trinajstić information content (AvgIpc) is 2.58. The van der Waals surface area contributed by atoms with Gasteiger partial charge >= 0.3 is 0 Å². The number of rotatable bonds is 5. The summed E-state index contributed by atoms with van der Waals surface area (Å²) in [5.41, 5.74) is 3.26. The quantitative estimate of drug-likeness (QED) is 0.889. The van der Waals surface area contributed by atoms with Gasteiger partial charge in [-0.05, 0) is 50.8 Å². The number of nitrogens with zero attached hydrogens (tertiary/aromatic N) is 2. The first kappa shape index (κ1) is 15.0. The fourth-order valence-electron chi connectivity index (χ4n) is 2.97. The summed E-state index contributed by atoms with van der Waals surface area (Å²) in [5.74, 6) is 1.56. The molecule has 0 spiro atoms. The van der Waals surface area contributed by atoms with Crippen LogP contribution in [-0.2, 0) is 0 Å². The van der Waals surface area contributed by atoms with Crippen LogP contribution in [0.2, 0.25) is 0 Å². The van der Waals surface area contributed by atoms with Crippen molar-refractivity contribution in [2.24, 2.45) is 5.92 Å². The maximum Gasteiger partial charge on any atom is 0.223 e. The normalized spacial score (nSPS) is 15.7. The Morgan fingerprint density at radius 3 is 2.73 bits per heavy atom. The van der Waals surface area contributed by atoms with E-state index in [4.69, 9.17) is 4.98 Å². The highest BCUT2D eigenvalue weighted by atomic mass is 15.1. The van der Waals surface area contributed by atoms with E-state index in [0.717, 1.165) is 48.3 Å². The van der Waals surface area contributed by atoms with Crippen molar-refractivity contribution < 1.29 is 0 Å². The predicted molar refractivity (Wildman–Crippen MR) is 90.9 cm³/mol. The topological polar surface area (TPSA) is 49.8 Å². The van der Waals surface area contributed by atoms with Gasteiger partial charge in [0.05, 0.1) is 5.69 Å². The van der Waals surface area contributed by atoms with E-state index in [-0.39, 0.29) is 0 Å². The summed E-state index contributed by atoms with van der Waals surface area (Å²) in [5, 5.41) is 6.80. The second kappa shape index (κ2) is 7.36. The van der Waals surface area contributed by atoms with Crippen molar-refractivity contribution in [3.8, 4) is 11.3 Å². The Bertz CT molecular complexity index is 591. The second-order valence-corrected chi connectivity index (χ2v) is 6.00. The van der Waals surface area contributed by atoms with E-state index in [1.165, 1.54) is 19.3 Å². The van der Waals surface area contributed by atoms with Crippen LogP contribution in [0, 0.1) is 12.8 Å². The molecule has 22 heavy (non-hydrogen) atoms. The van der Waals surface area contributed by atoms with Crippen molar-refractivity contribution in [3.63, 3.8) is 0 Å². The van der Waals surface area contributed by atoms with Crippen molar-refractivity contribution in [2.75, 3.05) is 25.0 Å². The van der Waals surface area contributed by atoms with Gasteiger partial charge in [-0.25, -0.2) is 9.97 Å². The van der Waals surface area contributed by atoms with Crippen LogP contribution in [-0.4, -0.2) is 29.6 Å². The van der Waals surface area contributed by atoms with Crippen LogP contribution in [0.15, 0.2) is 36.5 Å². The molecule has 0 saturated carbocycles. The van der Waals surface area contributed by atoms with Crippen molar-refractivity contribution in [3.05, 3.63) is 42.1 Å². The van der Waals surface area contributed by atoms with Crippen LogP contribution in [0.25, 0.3) is 11.3 Å². The van der Waals surface area contributed by atoms with Gasteiger partial charge in [0.1, 0.15) is 0 Å². The van der Waals surface area contributed by atoms with Gasteiger partial charge in [-0.15, -0.1) is 0 Å². The molecule has 116 valence electrons. The van der Waals surface area contributed by atoms with Crippen molar-refractivity contribution in [2.45, 2.75) is 26.2 Å². The summed E-state index contributed by atoms with van der Waals surface area (Å²) >= 11 is 0. The summed E-state index contributed by atoms with van der Waals surface area (Å²) in [6, 6.07) is 10.3. The largest absolute Gasteiger partial charge is 0.354 e. The van der Waals surface area contributed by atoms with Gasteiger partial charge in [-0.2, -0.15) is 0 Å². The molecule has 1 aromatic carbocycles. The molecule has 3 rings (SSSR count). The number of aryl methyl sites for hydroxylation is 1. The minimum atomic E-state index is 0.735.